The summed E-state index contributed by atoms with van der Waals surface area (Å²) in [4.78, 5) is 28.6. The number of amides is 1. The number of carbonyl (C=O) groups is 2. The van der Waals surface area contributed by atoms with Crippen molar-refractivity contribution in [3.8, 4) is 0 Å². The third-order valence-corrected chi connectivity index (χ3v) is 3.46. The van der Waals surface area contributed by atoms with Gasteiger partial charge in [0.1, 0.15) is 6.04 Å². The van der Waals surface area contributed by atoms with Crippen LogP contribution in [-0.2, 0) is 9.53 Å². The highest BCUT2D eigenvalue weighted by Gasteiger charge is 2.20. The second-order valence-electron chi connectivity index (χ2n) is 3.73. The molecule has 0 saturated carbocycles. The van der Waals surface area contributed by atoms with Crippen molar-refractivity contribution in [2.24, 2.45) is 0 Å². The molecular formula is C10H14ClN3O3S. The minimum absolute atomic E-state index is 0.0684. The van der Waals surface area contributed by atoms with Crippen LogP contribution in [0.15, 0.2) is 0 Å². The molecule has 0 radical (unpaired) electrons. The molecule has 100 valence electrons. The molecule has 1 N–H and O–H groups in total. The minimum Gasteiger partial charge on any atom is -0.465 e. The number of halogens is 1. The van der Waals surface area contributed by atoms with Crippen molar-refractivity contribution in [1.82, 2.24) is 9.88 Å². The lowest BCUT2D eigenvalue weighted by Gasteiger charge is -2.17. The second kappa shape index (κ2) is 6.01. The molecule has 0 aromatic carbocycles. The molecule has 0 unspecified atom stereocenters. The molecule has 1 aromatic heterocycles. The Labute approximate surface area is 114 Å². The molecule has 0 bridgehead atoms. The van der Waals surface area contributed by atoms with Crippen LogP contribution in [0.5, 0.6) is 0 Å². The van der Waals surface area contributed by atoms with Gasteiger partial charge in [-0.15, -0.1) is 0 Å². The zero-order valence-electron chi connectivity index (χ0n) is 10.5. The van der Waals surface area contributed by atoms with Crippen LogP contribution in [0, 0.1) is 0 Å². The van der Waals surface area contributed by atoms with Gasteiger partial charge < -0.3 is 15.0 Å². The molecule has 1 rings (SSSR count). The quantitative estimate of drug-likeness (QED) is 0.851. The molecular weight excluding hydrogens is 278 g/mol. The van der Waals surface area contributed by atoms with E-state index in [4.69, 9.17) is 11.6 Å². The SMILES string of the molecule is COC(=O)c1sc(N[C@@H](C)C(=O)N(C)C)nc1Cl. The molecule has 0 saturated heterocycles. The van der Waals surface area contributed by atoms with Gasteiger partial charge in [-0.3, -0.25) is 4.79 Å². The van der Waals surface area contributed by atoms with Crippen LogP contribution >= 0.6 is 22.9 Å². The summed E-state index contributed by atoms with van der Waals surface area (Å²) in [5.41, 5.74) is 0. The zero-order chi connectivity index (χ0) is 13.9. The van der Waals surface area contributed by atoms with Crippen LogP contribution in [0.3, 0.4) is 0 Å². The van der Waals surface area contributed by atoms with E-state index in [1.54, 1.807) is 21.0 Å². The van der Waals surface area contributed by atoms with E-state index in [9.17, 15) is 9.59 Å². The van der Waals surface area contributed by atoms with E-state index in [0.29, 0.717) is 5.13 Å². The lowest BCUT2D eigenvalue weighted by molar-refractivity contribution is -0.129. The van der Waals surface area contributed by atoms with E-state index in [1.807, 2.05) is 0 Å². The van der Waals surface area contributed by atoms with Gasteiger partial charge in [-0.05, 0) is 6.92 Å². The first kappa shape index (κ1) is 14.7. The number of aromatic nitrogens is 1. The molecule has 1 amide bonds. The van der Waals surface area contributed by atoms with Gasteiger partial charge in [0, 0.05) is 14.1 Å². The number of thiazole rings is 1. The van der Waals surface area contributed by atoms with Crippen LogP contribution in [0.1, 0.15) is 16.6 Å². The van der Waals surface area contributed by atoms with E-state index < -0.39 is 12.0 Å². The third kappa shape index (κ3) is 3.33. The number of rotatable bonds is 4. The first-order chi connectivity index (χ1) is 8.36. The Hall–Kier alpha value is -1.34. The first-order valence-corrected chi connectivity index (χ1v) is 6.28. The molecule has 1 aromatic rings. The van der Waals surface area contributed by atoms with E-state index >= 15 is 0 Å². The van der Waals surface area contributed by atoms with E-state index in [0.717, 1.165) is 11.3 Å². The maximum atomic E-state index is 11.6. The van der Waals surface area contributed by atoms with Gasteiger partial charge in [-0.25, -0.2) is 9.78 Å². The maximum Gasteiger partial charge on any atom is 0.351 e. The summed E-state index contributed by atoms with van der Waals surface area (Å²) in [5, 5.41) is 3.36. The van der Waals surface area contributed by atoms with Crippen molar-refractivity contribution in [2.75, 3.05) is 26.5 Å². The van der Waals surface area contributed by atoms with Crippen LogP contribution in [0.2, 0.25) is 5.15 Å². The Morgan fingerprint density at radius 2 is 2.11 bits per heavy atom. The summed E-state index contributed by atoms with van der Waals surface area (Å²) in [6, 6.07) is -0.451. The topological polar surface area (TPSA) is 71.5 Å². The fourth-order valence-electron chi connectivity index (χ4n) is 1.22. The molecule has 1 atom stereocenters. The lowest BCUT2D eigenvalue weighted by Crippen LogP contribution is -2.36. The monoisotopic (exact) mass is 291 g/mol. The Kier molecular flexibility index (Phi) is 4.92. The van der Waals surface area contributed by atoms with Gasteiger partial charge in [-0.1, -0.05) is 22.9 Å². The number of hydrogen-bond donors (Lipinski definition) is 1. The van der Waals surface area contributed by atoms with Crippen molar-refractivity contribution >= 4 is 39.9 Å². The van der Waals surface area contributed by atoms with Crippen molar-refractivity contribution in [2.45, 2.75) is 13.0 Å². The molecule has 0 spiro atoms. The fourth-order valence-corrected chi connectivity index (χ4v) is 2.41. The van der Waals surface area contributed by atoms with E-state index in [1.165, 1.54) is 12.0 Å². The van der Waals surface area contributed by atoms with Gasteiger partial charge in [0.15, 0.2) is 15.2 Å². The Morgan fingerprint density at radius 1 is 1.50 bits per heavy atom. The molecule has 0 aliphatic heterocycles. The van der Waals surface area contributed by atoms with Crippen LogP contribution in [-0.4, -0.2) is 49.0 Å². The van der Waals surface area contributed by atoms with E-state index in [2.05, 4.69) is 15.0 Å². The minimum atomic E-state index is -0.544. The summed E-state index contributed by atoms with van der Waals surface area (Å²) in [6.45, 7) is 1.70. The van der Waals surface area contributed by atoms with Crippen molar-refractivity contribution < 1.29 is 14.3 Å². The highest BCUT2D eigenvalue weighted by molar-refractivity contribution is 7.18. The van der Waals surface area contributed by atoms with Crippen LogP contribution < -0.4 is 5.32 Å². The van der Waals surface area contributed by atoms with Gasteiger partial charge in [0.2, 0.25) is 5.91 Å². The number of nitrogens with one attached hydrogen (secondary N) is 1. The number of carbonyl (C=O) groups excluding carboxylic acids is 2. The predicted molar refractivity (Wildman–Crippen MR) is 70.2 cm³/mol. The van der Waals surface area contributed by atoms with Gasteiger partial charge in [-0.2, -0.15) is 0 Å². The largest absolute Gasteiger partial charge is 0.465 e. The fraction of sp³-hybridized carbons (Fsp3) is 0.500. The second-order valence-corrected chi connectivity index (χ2v) is 5.09. The van der Waals surface area contributed by atoms with Crippen LogP contribution in [0.4, 0.5) is 5.13 Å². The van der Waals surface area contributed by atoms with Gasteiger partial charge >= 0.3 is 5.97 Å². The first-order valence-electron chi connectivity index (χ1n) is 5.09. The third-order valence-electron chi connectivity index (χ3n) is 2.11. The maximum absolute atomic E-state index is 11.6. The molecule has 8 heteroatoms. The average Bonchev–Trinajstić information content (AvgIpc) is 2.67. The molecule has 1 heterocycles. The Balaban J connectivity index is 2.81. The smallest absolute Gasteiger partial charge is 0.351 e. The number of esters is 1. The normalized spacial score (nSPS) is 11.8. The van der Waals surface area contributed by atoms with Crippen molar-refractivity contribution in [3.05, 3.63) is 10.0 Å². The number of methoxy groups -OCH3 is 1. The summed E-state index contributed by atoms with van der Waals surface area (Å²) in [7, 11) is 4.59. The highest BCUT2D eigenvalue weighted by atomic mass is 35.5. The average molecular weight is 292 g/mol. The Bertz CT molecular complexity index is 461. The molecule has 0 fully saturated rings. The summed E-state index contributed by atoms with van der Waals surface area (Å²) in [6.07, 6.45) is 0. The predicted octanol–water partition coefficient (Wildman–Crippen LogP) is 1.47. The van der Waals surface area contributed by atoms with Gasteiger partial charge in [0.25, 0.3) is 0 Å². The number of nitrogens with zero attached hydrogens (tertiary/aromatic N) is 2. The highest BCUT2D eigenvalue weighted by Crippen LogP contribution is 2.27. The Morgan fingerprint density at radius 3 is 2.61 bits per heavy atom. The van der Waals surface area contributed by atoms with Crippen molar-refractivity contribution in [1.29, 1.82) is 0 Å². The number of hydrogen-bond acceptors (Lipinski definition) is 6. The molecule has 0 aliphatic carbocycles. The molecule has 18 heavy (non-hydrogen) atoms. The van der Waals surface area contributed by atoms with E-state index in [-0.39, 0.29) is 15.9 Å². The van der Waals surface area contributed by atoms with Crippen LogP contribution in [0.25, 0.3) is 0 Å². The molecule has 0 aliphatic rings. The standard InChI is InChI=1S/C10H14ClN3O3S/c1-5(8(15)14(2)3)12-10-13-7(11)6(18-10)9(16)17-4/h5H,1-4H3,(H,12,13)/t5-/m0/s1. The van der Waals surface area contributed by atoms with Crippen molar-refractivity contribution in [3.63, 3.8) is 0 Å². The number of ether oxygens (including phenoxy) is 1. The molecule has 6 nitrogen and oxygen atoms in total. The number of anilines is 1. The van der Waals surface area contributed by atoms with Gasteiger partial charge in [0.05, 0.1) is 7.11 Å². The zero-order valence-corrected chi connectivity index (χ0v) is 12.1. The lowest BCUT2D eigenvalue weighted by atomic mass is 10.3. The summed E-state index contributed by atoms with van der Waals surface area (Å²) >= 11 is 6.86. The summed E-state index contributed by atoms with van der Waals surface area (Å²) < 4.78 is 4.57. The summed E-state index contributed by atoms with van der Waals surface area (Å²) in [5.74, 6) is -0.641. The number of likely N-dealkylation sites (N-methyl/N-ethyl adjacent to an activating group) is 1.